The molecule has 0 radical (unpaired) electrons. The van der Waals surface area contributed by atoms with Crippen LogP contribution in [0.1, 0.15) is 16.7 Å². The molecule has 2 rings (SSSR count). The van der Waals surface area contributed by atoms with Crippen LogP contribution < -0.4 is 5.73 Å². The monoisotopic (exact) mass is 265 g/mol. The molecule has 2 N–H and O–H groups in total. The molecule has 0 amide bonds. The van der Waals surface area contributed by atoms with Gasteiger partial charge in [-0.2, -0.15) is 0 Å². The van der Waals surface area contributed by atoms with Gasteiger partial charge in [0, 0.05) is 23.0 Å². The Morgan fingerprint density at radius 1 is 0.824 bits per heavy atom. The standard InChI is InChI=1S/C14H13Cl2N/c15-13-2-1-3-14(16)12(13)8-10-4-6-11(9-17)7-5-10/h1-7H,8-9,17H2. The Balaban J connectivity index is 2.25. The van der Waals surface area contributed by atoms with Gasteiger partial charge in [-0.1, -0.05) is 53.5 Å². The van der Waals surface area contributed by atoms with Crippen molar-refractivity contribution in [1.29, 1.82) is 0 Å². The van der Waals surface area contributed by atoms with Crippen molar-refractivity contribution < 1.29 is 0 Å². The Morgan fingerprint density at radius 3 is 1.88 bits per heavy atom. The van der Waals surface area contributed by atoms with E-state index in [0.29, 0.717) is 16.6 Å². The first-order chi connectivity index (χ1) is 8.20. The molecule has 0 bridgehead atoms. The zero-order valence-electron chi connectivity index (χ0n) is 9.29. The quantitative estimate of drug-likeness (QED) is 0.891. The Morgan fingerprint density at radius 2 is 1.35 bits per heavy atom. The summed E-state index contributed by atoms with van der Waals surface area (Å²) in [6.07, 6.45) is 0.739. The van der Waals surface area contributed by atoms with Crippen LogP contribution in [0, 0.1) is 0 Å². The van der Waals surface area contributed by atoms with Crippen LogP contribution >= 0.6 is 23.2 Å². The fourth-order valence-electron chi connectivity index (χ4n) is 1.70. The van der Waals surface area contributed by atoms with Gasteiger partial charge in [-0.25, -0.2) is 0 Å². The topological polar surface area (TPSA) is 26.0 Å². The van der Waals surface area contributed by atoms with Crippen LogP contribution in [0.4, 0.5) is 0 Å². The summed E-state index contributed by atoms with van der Waals surface area (Å²) in [5.74, 6) is 0. The molecule has 0 fully saturated rings. The van der Waals surface area contributed by atoms with Gasteiger partial charge in [-0.15, -0.1) is 0 Å². The molecule has 0 aliphatic heterocycles. The largest absolute Gasteiger partial charge is 0.326 e. The molecule has 3 heteroatoms. The summed E-state index contributed by atoms with van der Waals surface area (Å²) in [4.78, 5) is 0. The Hall–Kier alpha value is -1.02. The molecule has 0 heterocycles. The van der Waals surface area contributed by atoms with E-state index in [1.165, 1.54) is 5.56 Å². The lowest BCUT2D eigenvalue weighted by atomic mass is 10.0. The van der Waals surface area contributed by atoms with Crippen LogP contribution in [-0.2, 0) is 13.0 Å². The van der Waals surface area contributed by atoms with E-state index in [2.05, 4.69) is 12.1 Å². The fraction of sp³-hybridized carbons (Fsp3) is 0.143. The summed E-state index contributed by atoms with van der Waals surface area (Å²) in [5, 5.41) is 1.42. The highest BCUT2D eigenvalue weighted by molar-refractivity contribution is 6.36. The third kappa shape index (κ3) is 3.01. The first-order valence-electron chi connectivity index (χ1n) is 5.41. The fourth-order valence-corrected chi connectivity index (χ4v) is 2.23. The highest BCUT2D eigenvalue weighted by atomic mass is 35.5. The average molecular weight is 266 g/mol. The number of benzene rings is 2. The van der Waals surface area contributed by atoms with Crippen molar-refractivity contribution in [2.45, 2.75) is 13.0 Å². The van der Waals surface area contributed by atoms with Gasteiger partial charge >= 0.3 is 0 Å². The van der Waals surface area contributed by atoms with Gasteiger partial charge in [0.1, 0.15) is 0 Å². The second kappa shape index (κ2) is 5.54. The molecule has 0 spiro atoms. The van der Waals surface area contributed by atoms with Crippen LogP contribution in [-0.4, -0.2) is 0 Å². The smallest absolute Gasteiger partial charge is 0.0456 e. The highest BCUT2D eigenvalue weighted by Gasteiger charge is 2.06. The lowest BCUT2D eigenvalue weighted by Gasteiger charge is -2.07. The van der Waals surface area contributed by atoms with Gasteiger partial charge in [0.2, 0.25) is 0 Å². The summed E-state index contributed by atoms with van der Waals surface area (Å²) in [6.45, 7) is 0.563. The minimum absolute atomic E-state index is 0.563. The maximum Gasteiger partial charge on any atom is 0.0456 e. The Bertz CT molecular complexity index is 486. The maximum atomic E-state index is 6.13. The summed E-state index contributed by atoms with van der Waals surface area (Å²) in [6, 6.07) is 13.7. The van der Waals surface area contributed by atoms with E-state index in [-0.39, 0.29) is 0 Å². The van der Waals surface area contributed by atoms with E-state index in [4.69, 9.17) is 28.9 Å². The van der Waals surface area contributed by atoms with E-state index in [0.717, 1.165) is 17.5 Å². The van der Waals surface area contributed by atoms with Crippen LogP contribution in [0.2, 0.25) is 10.0 Å². The molecule has 1 nitrogen and oxygen atoms in total. The molecule has 0 atom stereocenters. The maximum absolute atomic E-state index is 6.13. The summed E-state index contributed by atoms with van der Waals surface area (Å²) < 4.78 is 0. The number of hydrogen-bond acceptors (Lipinski definition) is 1. The highest BCUT2D eigenvalue weighted by Crippen LogP contribution is 2.26. The third-order valence-electron chi connectivity index (χ3n) is 2.70. The lowest BCUT2D eigenvalue weighted by molar-refractivity contribution is 1.06. The van der Waals surface area contributed by atoms with Gasteiger partial charge in [0.25, 0.3) is 0 Å². The molecule has 0 aromatic heterocycles. The number of nitrogens with two attached hydrogens (primary N) is 1. The number of hydrogen-bond donors (Lipinski definition) is 1. The van der Waals surface area contributed by atoms with E-state index >= 15 is 0 Å². The van der Waals surface area contributed by atoms with Crippen molar-refractivity contribution in [2.75, 3.05) is 0 Å². The SMILES string of the molecule is NCc1ccc(Cc2c(Cl)cccc2Cl)cc1. The van der Waals surface area contributed by atoms with Crippen molar-refractivity contribution in [1.82, 2.24) is 0 Å². The molecule has 2 aromatic rings. The minimum Gasteiger partial charge on any atom is -0.326 e. The summed E-state index contributed by atoms with van der Waals surface area (Å²) in [5.41, 5.74) is 8.83. The second-order valence-corrected chi connectivity index (χ2v) is 4.71. The molecule has 2 aromatic carbocycles. The zero-order valence-corrected chi connectivity index (χ0v) is 10.8. The van der Waals surface area contributed by atoms with Crippen LogP contribution in [0.25, 0.3) is 0 Å². The van der Waals surface area contributed by atoms with E-state index < -0.39 is 0 Å². The Kier molecular flexibility index (Phi) is 4.06. The van der Waals surface area contributed by atoms with Crippen molar-refractivity contribution in [2.24, 2.45) is 5.73 Å². The predicted octanol–water partition coefficient (Wildman–Crippen LogP) is 4.04. The number of halogens is 2. The lowest BCUT2D eigenvalue weighted by Crippen LogP contribution is -1.96. The van der Waals surface area contributed by atoms with E-state index in [1.54, 1.807) is 0 Å². The van der Waals surface area contributed by atoms with Gasteiger partial charge in [0.05, 0.1) is 0 Å². The van der Waals surface area contributed by atoms with E-state index in [9.17, 15) is 0 Å². The van der Waals surface area contributed by atoms with Crippen LogP contribution in [0.3, 0.4) is 0 Å². The summed E-state index contributed by atoms with van der Waals surface area (Å²) in [7, 11) is 0. The average Bonchev–Trinajstić information content (AvgIpc) is 2.35. The Labute approximate surface area is 111 Å². The zero-order chi connectivity index (χ0) is 12.3. The van der Waals surface area contributed by atoms with Crippen molar-refractivity contribution in [3.63, 3.8) is 0 Å². The normalized spacial score (nSPS) is 10.5. The molecule has 0 aliphatic carbocycles. The van der Waals surface area contributed by atoms with Crippen molar-refractivity contribution in [3.05, 3.63) is 69.2 Å². The molecular weight excluding hydrogens is 253 g/mol. The van der Waals surface area contributed by atoms with Crippen LogP contribution in [0.5, 0.6) is 0 Å². The molecule has 0 saturated heterocycles. The minimum atomic E-state index is 0.563. The van der Waals surface area contributed by atoms with Gasteiger partial charge in [0.15, 0.2) is 0 Å². The van der Waals surface area contributed by atoms with Crippen LogP contribution in [0.15, 0.2) is 42.5 Å². The first-order valence-corrected chi connectivity index (χ1v) is 6.17. The van der Waals surface area contributed by atoms with Gasteiger partial charge in [-0.05, 0) is 28.8 Å². The van der Waals surface area contributed by atoms with E-state index in [1.807, 2.05) is 30.3 Å². The predicted molar refractivity (Wildman–Crippen MR) is 73.6 cm³/mol. The third-order valence-corrected chi connectivity index (χ3v) is 3.41. The number of rotatable bonds is 3. The van der Waals surface area contributed by atoms with Crippen molar-refractivity contribution in [3.8, 4) is 0 Å². The van der Waals surface area contributed by atoms with Gasteiger partial charge in [-0.3, -0.25) is 0 Å². The second-order valence-electron chi connectivity index (χ2n) is 3.90. The molecule has 0 unspecified atom stereocenters. The molecule has 0 aliphatic rings. The molecular formula is C14H13Cl2N. The molecule has 0 saturated carbocycles. The summed E-state index contributed by atoms with van der Waals surface area (Å²) >= 11 is 12.3. The molecule has 17 heavy (non-hydrogen) atoms. The molecule has 88 valence electrons. The van der Waals surface area contributed by atoms with Crippen molar-refractivity contribution >= 4 is 23.2 Å². The van der Waals surface area contributed by atoms with Gasteiger partial charge < -0.3 is 5.73 Å². The first kappa shape index (κ1) is 12.4.